The first kappa shape index (κ1) is 14.8. The second kappa shape index (κ2) is 7.27. The molecule has 108 valence electrons. The van der Waals surface area contributed by atoms with Crippen LogP contribution in [0.25, 0.3) is 11.3 Å². The summed E-state index contributed by atoms with van der Waals surface area (Å²) in [5.41, 5.74) is 2.41. The molecule has 1 aromatic carbocycles. The van der Waals surface area contributed by atoms with Crippen LogP contribution in [0.3, 0.4) is 0 Å². The summed E-state index contributed by atoms with van der Waals surface area (Å²) in [4.78, 5) is 0. The van der Waals surface area contributed by atoms with Crippen molar-refractivity contribution in [3.63, 3.8) is 0 Å². The smallest absolute Gasteiger partial charge is 0.134 e. The van der Waals surface area contributed by atoms with Gasteiger partial charge in [0.05, 0.1) is 12.6 Å². The minimum absolute atomic E-state index is 0.273. The van der Waals surface area contributed by atoms with Crippen LogP contribution in [0.4, 0.5) is 0 Å². The van der Waals surface area contributed by atoms with Crippen molar-refractivity contribution < 1.29 is 9.15 Å². The number of ether oxygens (including phenoxy) is 1. The van der Waals surface area contributed by atoms with E-state index in [1.165, 1.54) is 5.56 Å². The van der Waals surface area contributed by atoms with Gasteiger partial charge in [-0.3, -0.25) is 0 Å². The first-order valence-electron chi connectivity index (χ1n) is 7.14. The Balaban J connectivity index is 2.27. The molecule has 0 aliphatic rings. The molecule has 1 atom stereocenters. The van der Waals surface area contributed by atoms with E-state index in [9.17, 15) is 0 Å². The predicted octanol–water partition coefficient (Wildman–Crippen LogP) is 3.81. The number of furan rings is 1. The van der Waals surface area contributed by atoms with Crippen molar-refractivity contribution in [3.8, 4) is 11.3 Å². The highest BCUT2D eigenvalue weighted by Gasteiger charge is 2.14. The molecule has 1 heterocycles. The van der Waals surface area contributed by atoms with Crippen LogP contribution in [-0.2, 0) is 11.2 Å². The lowest BCUT2D eigenvalue weighted by molar-refractivity contribution is 0.202. The van der Waals surface area contributed by atoms with Gasteiger partial charge in [0.15, 0.2) is 0 Å². The van der Waals surface area contributed by atoms with Crippen LogP contribution in [0, 0.1) is 0 Å². The van der Waals surface area contributed by atoms with E-state index in [0.717, 1.165) is 36.5 Å². The third-order valence-electron chi connectivity index (χ3n) is 3.59. The molecule has 0 amide bonds. The molecule has 2 aromatic rings. The summed E-state index contributed by atoms with van der Waals surface area (Å²) in [5.74, 6) is 1.92. The summed E-state index contributed by atoms with van der Waals surface area (Å²) in [6.07, 6.45) is 1.90. The molecular formula is C17H23NO2. The summed E-state index contributed by atoms with van der Waals surface area (Å²) in [5, 5.41) is 3.27. The third kappa shape index (κ3) is 3.30. The van der Waals surface area contributed by atoms with Crippen molar-refractivity contribution in [2.24, 2.45) is 0 Å². The fourth-order valence-electron chi connectivity index (χ4n) is 2.42. The molecular weight excluding hydrogens is 250 g/mol. The second-order valence-electron chi connectivity index (χ2n) is 4.85. The molecule has 20 heavy (non-hydrogen) atoms. The number of hydrogen-bond donors (Lipinski definition) is 1. The van der Waals surface area contributed by atoms with Crippen LogP contribution in [-0.4, -0.2) is 20.8 Å². The van der Waals surface area contributed by atoms with Crippen molar-refractivity contribution in [2.45, 2.75) is 25.8 Å². The van der Waals surface area contributed by atoms with Crippen LogP contribution < -0.4 is 5.32 Å². The zero-order chi connectivity index (χ0) is 14.4. The molecule has 1 unspecified atom stereocenters. The Hall–Kier alpha value is -1.58. The Morgan fingerprint density at radius 2 is 2.00 bits per heavy atom. The van der Waals surface area contributed by atoms with Crippen LogP contribution in [0.5, 0.6) is 0 Å². The summed E-state index contributed by atoms with van der Waals surface area (Å²) in [6, 6.07) is 12.7. The predicted molar refractivity (Wildman–Crippen MR) is 81.8 cm³/mol. The maximum atomic E-state index is 6.03. The molecule has 0 bridgehead atoms. The molecule has 0 aliphatic carbocycles. The number of benzene rings is 1. The van der Waals surface area contributed by atoms with Gasteiger partial charge in [-0.15, -0.1) is 0 Å². The molecule has 2 rings (SSSR count). The molecule has 0 fully saturated rings. The van der Waals surface area contributed by atoms with Gasteiger partial charge < -0.3 is 14.5 Å². The quantitative estimate of drug-likeness (QED) is 0.833. The fourth-order valence-corrected chi connectivity index (χ4v) is 2.42. The van der Waals surface area contributed by atoms with E-state index in [1.807, 2.05) is 13.1 Å². The van der Waals surface area contributed by atoms with Gasteiger partial charge in [0, 0.05) is 12.7 Å². The molecule has 0 radical (unpaired) electrons. The first-order chi connectivity index (χ1) is 9.80. The highest BCUT2D eigenvalue weighted by Crippen LogP contribution is 2.29. The molecule has 0 saturated heterocycles. The van der Waals surface area contributed by atoms with Gasteiger partial charge >= 0.3 is 0 Å². The maximum absolute atomic E-state index is 6.03. The molecule has 0 spiro atoms. The van der Waals surface area contributed by atoms with Gasteiger partial charge in [-0.2, -0.15) is 0 Å². The standard InChI is InChI=1S/C17H23NO2/c1-4-15(18-2)17-10-9-16(20-17)14-8-6-5-7-13(14)11-12-19-3/h5-10,15,18H,4,11-12H2,1-3H3. The molecule has 1 aromatic heterocycles. The summed E-state index contributed by atoms with van der Waals surface area (Å²) in [7, 11) is 3.69. The summed E-state index contributed by atoms with van der Waals surface area (Å²) in [6.45, 7) is 2.87. The highest BCUT2D eigenvalue weighted by atomic mass is 16.5. The average molecular weight is 273 g/mol. The third-order valence-corrected chi connectivity index (χ3v) is 3.59. The zero-order valence-electron chi connectivity index (χ0n) is 12.5. The number of hydrogen-bond acceptors (Lipinski definition) is 3. The van der Waals surface area contributed by atoms with E-state index < -0.39 is 0 Å². The lowest BCUT2D eigenvalue weighted by Gasteiger charge is -2.11. The molecule has 1 N–H and O–H groups in total. The highest BCUT2D eigenvalue weighted by molar-refractivity contribution is 5.62. The summed E-state index contributed by atoms with van der Waals surface area (Å²) >= 11 is 0. The topological polar surface area (TPSA) is 34.4 Å². The lowest BCUT2D eigenvalue weighted by Crippen LogP contribution is -2.14. The molecule has 0 saturated carbocycles. The zero-order valence-corrected chi connectivity index (χ0v) is 12.5. The Morgan fingerprint density at radius 1 is 1.20 bits per heavy atom. The van der Waals surface area contributed by atoms with E-state index in [4.69, 9.17) is 9.15 Å². The summed E-state index contributed by atoms with van der Waals surface area (Å²) < 4.78 is 11.2. The van der Waals surface area contributed by atoms with Gasteiger partial charge in [-0.05, 0) is 37.6 Å². The Morgan fingerprint density at radius 3 is 2.70 bits per heavy atom. The van der Waals surface area contributed by atoms with Crippen LogP contribution >= 0.6 is 0 Å². The minimum Gasteiger partial charge on any atom is -0.459 e. The number of methoxy groups -OCH3 is 1. The van der Waals surface area contributed by atoms with Crippen LogP contribution in [0.1, 0.15) is 30.7 Å². The molecule has 3 nitrogen and oxygen atoms in total. The van der Waals surface area contributed by atoms with Crippen molar-refractivity contribution in [2.75, 3.05) is 20.8 Å². The Labute approximate surface area is 121 Å². The van der Waals surface area contributed by atoms with E-state index in [1.54, 1.807) is 7.11 Å². The first-order valence-corrected chi connectivity index (χ1v) is 7.14. The van der Waals surface area contributed by atoms with Crippen LogP contribution in [0.2, 0.25) is 0 Å². The normalized spacial score (nSPS) is 12.6. The molecule has 3 heteroatoms. The van der Waals surface area contributed by atoms with Crippen molar-refractivity contribution in [3.05, 3.63) is 47.7 Å². The van der Waals surface area contributed by atoms with E-state index in [-0.39, 0.29) is 6.04 Å². The van der Waals surface area contributed by atoms with Crippen molar-refractivity contribution in [1.82, 2.24) is 5.32 Å². The van der Waals surface area contributed by atoms with Gasteiger partial charge in [-0.1, -0.05) is 31.2 Å². The van der Waals surface area contributed by atoms with Gasteiger partial charge in [0.2, 0.25) is 0 Å². The number of rotatable bonds is 7. The van der Waals surface area contributed by atoms with Crippen molar-refractivity contribution in [1.29, 1.82) is 0 Å². The Kier molecular flexibility index (Phi) is 5.39. The average Bonchev–Trinajstić information content (AvgIpc) is 2.96. The number of nitrogens with one attached hydrogen (secondary N) is 1. The maximum Gasteiger partial charge on any atom is 0.134 e. The monoisotopic (exact) mass is 273 g/mol. The SMILES string of the molecule is CCC(NC)c1ccc(-c2ccccc2CCOC)o1. The van der Waals surface area contributed by atoms with Gasteiger partial charge in [-0.25, -0.2) is 0 Å². The van der Waals surface area contributed by atoms with E-state index in [0.29, 0.717) is 0 Å². The van der Waals surface area contributed by atoms with E-state index >= 15 is 0 Å². The minimum atomic E-state index is 0.273. The fraction of sp³-hybridized carbons (Fsp3) is 0.412. The largest absolute Gasteiger partial charge is 0.459 e. The Bertz CT molecular complexity index is 529. The molecule has 0 aliphatic heterocycles. The lowest BCUT2D eigenvalue weighted by atomic mass is 10.0. The van der Waals surface area contributed by atoms with E-state index in [2.05, 4.69) is 42.6 Å². The van der Waals surface area contributed by atoms with Crippen LogP contribution in [0.15, 0.2) is 40.8 Å². The second-order valence-corrected chi connectivity index (χ2v) is 4.85. The van der Waals surface area contributed by atoms with Gasteiger partial charge in [0.1, 0.15) is 11.5 Å². The van der Waals surface area contributed by atoms with Crippen molar-refractivity contribution >= 4 is 0 Å². The van der Waals surface area contributed by atoms with Gasteiger partial charge in [0.25, 0.3) is 0 Å².